The molecule has 0 saturated heterocycles. The van der Waals surface area contributed by atoms with Crippen molar-refractivity contribution in [2.45, 2.75) is 11.8 Å². The van der Waals surface area contributed by atoms with Crippen molar-refractivity contribution in [3.8, 4) is 16.9 Å². The number of nitrogens with zero attached hydrogens (tertiary/aromatic N) is 3. The fraction of sp³-hybridized carbons (Fsp3) is 0.100. The second kappa shape index (κ2) is 6.21. The van der Waals surface area contributed by atoms with Gasteiger partial charge >= 0.3 is 0 Å². The largest absolute Gasteiger partial charge is 0.397 e. The lowest BCUT2D eigenvalue weighted by atomic mass is 10.1. The zero-order valence-corrected chi connectivity index (χ0v) is 15.7. The van der Waals surface area contributed by atoms with E-state index in [0.717, 1.165) is 17.5 Å². The Balaban J connectivity index is 2.08. The molecule has 2 heterocycles. The van der Waals surface area contributed by atoms with Crippen LogP contribution in [0.1, 0.15) is 5.56 Å². The van der Waals surface area contributed by atoms with Gasteiger partial charge in [-0.25, -0.2) is 18.1 Å². The predicted octanol–water partition coefficient (Wildman–Crippen LogP) is 3.38. The highest BCUT2D eigenvalue weighted by atomic mass is 32.2. The van der Waals surface area contributed by atoms with Crippen LogP contribution in [0.4, 0.5) is 5.69 Å². The molecule has 0 aliphatic heterocycles. The van der Waals surface area contributed by atoms with Crippen LogP contribution in [0.3, 0.4) is 0 Å². The van der Waals surface area contributed by atoms with Gasteiger partial charge in [0.2, 0.25) is 0 Å². The van der Waals surface area contributed by atoms with Crippen molar-refractivity contribution in [3.05, 3.63) is 66.4 Å². The van der Waals surface area contributed by atoms with Gasteiger partial charge in [-0.2, -0.15) is 5.10 Å². The van der Waals surface area contributed by atoms with E-state index in [2.05, 4.69) is 10.1 Å². The van der Waals surface area contributed by atoms with Crippen molar-refractivity contribution >= 4 is 26.6 Å². The van der Waals surface area contributed by atoms with E-state index < -0.39 is 9.84 Å². The number of aromatic nitrogens is 3. The molecular weight excluding hydrogens is 360 g/mol. The Hall–Kier alpha value is -3.19. The zero-order chi connectivity index (χ0) is 19.2. The molecule has 4 aromatic rings. The molecule has 0 bridgehead atoms. The molecule has 6 nitrogen and oxygen atoms in total. The average molecular weight is 378 g/mol. The van der Waals surface area contributed by atoms with Gasteiger partial charge in [-0.05, 0) is 19.1 Å². The minimum absolute atomic E-state index is 0.0321. The smallest absolute Gasteiger partial charge is 0.179 e. The molecule has 0 radical (unpaired) electrons. The standard InChI is InChI=1S/C20H18N4O2S/c1-13-8-10-15(11-9-13)24-20-16(12-22-24)17(21)19(27(2,25)26)18(23-20)14-6-4-3-5-7-14/h3-12H,1-2H3,(H2,21,23). The number of benzene rings is 2. The van der Waals surface area contributed by atoms with Crippen molar-refractivity contribution < 1.29 is 8.42 Å². The fourth-order valence-electron chi connectivity index (χ4n) is 3.09. The summed E-state index contributed by atoms with van der Waals surface area (Å²) in [5.74, 6) is 0. The van der Waals surface area contributed by atoms with Gasteiger partial charge in [0.15, 0.2) is 15.5 Å². The van der Waals surface area contributed by atoms with Crippen LogP contribution in [0, 0.1) is 6.92 Å². The molecule has 0 spiro atoms. The Kier molecular flexibility index (Phi) is 3.96. The molecule has 0 aliphatic carbocycles. The van der Waals surface area contributed by atoms with Crippen LogP contribution in [0.5, 0.6) is 0 Å². The van der Waals surface area contributed by atoms with Crippen LogP contribution in [-0.4, -0.2) is 29.4 Å². The molecule has 0 aliphatic rings. The fourth-order valence-corrected chi connectivity index (χ4v) is 4.11. The van der Waals surface area contributed by atoms with Gasteiger partial charge in [0.1, 0.15) is 4.90 Å². The summed E-state index contributed by atoms with van der Waals surface area (Å²) in [5.41, 5.74) is 9.94. The number of rotatable bonds is 3. The maximum atomic E-state index is 12.5. The molecule has 136 valence electrons. The molecule has 4 rings (SSSR count). The Morgan fingerprint density at radius 1 is 1.00 bits per heavy atom. The monoisotopic (exact) mass is 378 g/mol. The first-order valence-electron chi connectivity index (χ1n) is 8.36. The number of pyridine rings is 1. The summed E-state index contributed by atoms with van der Waals surface area (Å²) < 4.78 is 26.6. The number of nitrogen functional groups attached to an aromatic ring is 1. The van der Waals surface area contributed by atoms with Crippen LogP contribution in [0.2, 0.25) is 0 Å². The van der Waals surface area contributed by atoms with Crippen molar-refractivity contribution in [3.63, 3.8) is 0 Å². The lowest BCUT2D eigenvalue weighted by molar-refractivity contribution is 0.602. The molecule has 0 fully saturated rings. The minimum Gasteiger partial charge on any atom is -0.397 e. The van der Waals surface area contributed by atoms with Gasteiger partial charge in [-0.15, -0.1) is 0 Å². The SMILES string of the molecule is Cc1ccc(-n2ncc3c(N)c(S(C)(=O)=O)c(-c4ccccc4)nc32)cc1. The second-order valence-electron chi connectivity index (χ2n) is 6.47. The summed E-state index contributed by atoms with van der Waals surface area (Å²) in [7, 11) is -3.59. The number of hydrogen-bond donors (Lipinski definition) is 1. The first kappa shape index (κ1) is 17.2. The molecule has 0 amide bonds. The summed E-state index contributed by atoms with van der Waals surface area (Å²) in [6.45, 7) is 2.01. The van der Waals surface area contributed by atoms with Crippen LogP contribution < -0.4 is 5.73 Å². The third-order valence-electron chi connectivity index (χ3n) is 4.41. The average Bonchev–Trinajstić information content (AvgIpc) is 3.06. The second-order valence-corrected chi connectivity index (χ2v) is 8.42. The first-order chi connectivity index (χ1) is 12.9. The summed E-state index contributed by atoms with van der Waals surface area (Å²) in [5, 5.41) is 4.90. The lowest BCUT2D eigenvalue weighted by Gasteiger charge is -2.12. The van der Waals surface area contributed by atoms with Gasteiger partial charge in [0, 0.05) is 11.8 Å². The summed E-state index contributed by atoms with van der Waals surface area (Å²) in [6, 6.07) is 17.0. The molecule has 0 saturated carbocycles. The topological polar surface area (TPSA) is 90.9 Å². The molecule has 27 heavy (non-hydrogen) atoms. The number of nitrogens with two attached hydrogens (primary N) is 1. The maximum Gasteiger partial charge on any atom is 0.179 e. The Labute approximate surface area is 157 Å². The quantitative estimate of drug-likeness (QED) is 0.590. The minimum atomic E-state index is -3.59. The van der Waals surface area contributed by atoms with Gasteiger partial charge in [-0.3, -0.25) is 0 Å². The van der Waals surface area contributed by atoms with E-state index in [1.54, 1.807) is 10.9 Å². The van der Waals surface area contributed by atoms with Crippen molar-refractivity contribution in [2.24, 2.45) is 0 Å². The number of hydrogen-bond acceptors (Lipinski definition) is 5. The lowest BCUT2D eigenvalue weighted by Crippen LogP contribution is -2.08. The molecule has 2 aromatic carbocycles. The van der Waals surface area contributed by atoms with Crippen LogP contribution in [0.15, 0.2) is 65.7 Å². The number of fused-ring (bicyclic) bond motifs is 1. The van der Waals surface area contributed by atoms with E-state index in [-0.39, 0.29) is 10.6 Å². The van der Waals surface area contributed by atoms with Crippen molar-refractivity contribution in [1.82, 2.24) is 14.8 Å². The number of aryl methyl sites for hydroxylation is 1. The molecular formula is C20H18N4O2S. The number of anilines is 1. The summed E-state index contributed by atoms with van der Waals surface area (Å²) in [6.07, 6.45) is 2.70. The van der Waals surface area contributed by atoms with Gasteiger partial charge in [-0.1, -0.05) is 48.0 Å². The maximum absolute atomic E-state index is 12.5. The number of sulfone groups is 1. The normalized spacial score (nSPS) is 11.8. The third-order valence-corrected chi connectivity index (χ3v) is 5.56. The van der Waals surface area contributed by atoms with Gasteiger partial charge < -0.3 is 5.73 Å². The molecule has 2 aromatic heterocycles. The van der Waals surface area contributed by atoms with Crippen LogP contribution in [0.25, 0.3) is 28.0 Å². The van der Waals surface area contributed by atoms with Crippen molar-refractivity contribution in [2.75, 3.05) is 12.0 Å². The van der Waals surface area contributed by atoms with Crippen LogP contribution >= 0.6 is 0 Å². The zero-order valence-electron chi connectivity index (χ0n) is 14.9. The van der Waals surface area contributed by atoms with E-state index in [1.165, 1.54) is 0 Å². The van der Waals surface area contributed by atoms with E-state index in [1.807, 2.05) is 61.5 Å². The molecule has 2 N–H and O–H groups in total. The Morgan fingerprint density at radius 2 is 1.67 bits per heavy atom. The predicted molar refractivity (Wildman–Crippen MR) is 107 cm³/mol. The Bertz CT molecular complexity index is 1240. The van der Waals surface area contributed by atoms with E-state index in [9.17, 15) is 8.42 Å². The van der Waals surface area contributed by atoms with E-state index in [0.29, 0.717) is 22.3 Å². The summed E-state index contributed by atoms with van der Waals surface area (Å²) in [4.78, 5) is 4.70. The van der Waals surface area contributed by atoms with E-state index in [4.69, 9.17) is 5.73 Å². The third kappa shape index (κ3) is 2.96. The van der Waals surface area contributed by atoms with E-state index >= 15 is 0 Å². The highest BCUT2D eigenvalue weighted by Crippen LogP contribution is 2.35. The van der Waals surface area contributed by atoms with Gasteiger partial charge in [0.05, 0.1) is 28.7 Å². The van der Waals surface area contributed by atoms with Gasteiger partial charge in [0.25, 0.3) is 0 Å². The first-order valence-corrected chi connectivity index (χ1v) is 10.2. The van der Waals surface area contributed by atoms with Crippen LogP contribution in [-0.2, 0) is 9.84 Å². The molecule has 7 heteroatoms. The Morgan fingerprint density at radius 3 is 2.30 bits per heavy atom. The van der Waals surface area contributed by atoms with Crippen molar-refractivity contribution in [1.29, 1.82) is 0 Å². The molecule has 0 atom stereocenters. The highest BCUT2D eigenvalue weighted by molar-refractivity contribution is 7.91. The molecule has 0 unspecified atom stereocenters. The summed E-state index contributed by atoms with van der Waals surface area (Å²) >= 11 is 0. The highest BCUT2D eigenvalue weighted by Gasteiger charge is 2.24.